The van der Waals surface area contributed by atoms with Crippen molar-refractivity contribution in [2.45, 2.75) is 6.92 Å². The Balaban J connectivity index is 2.57. The molecule has 2 aromatic heterocycles. The number of nitrogens with zero attached hydrogens (tertiary/aromatic N) is 1. The Morgan fingerprint density at radius 2 is 2.20 bits per heavy atom. The normalized spacial score (nSPS) is 10.5. The highest BCUT2D eigenvalue weighted by molar-refractivity contribution is 9.10. The van der Waals surface area contributed by atoms with Gasteiger partial charge >= 0.3 is 5.97 Å². The Morgan fingerprint density at radius 1 is 1.40 bits per heavy atom. The van der Waals surface area contributed by atoms with Gasteiger partial charge in [-0.25, -0.2) is 4.79 Å². The van der Waals surface area contributed by atoms with Gasteiger partial charge in [-0.15, -0.1) is 0 Å². The minimum atomic E-state index is -0.301. The molecule has 15 heavy (non-hydrogen) atoms. The summed E-state index contributed by atoms with van der Waals surface area (Å²) in [5.74, 6) is -0.301. The lowest BCUT2D eigenvalue weighted by atomic mass is 10.4. The van der Waals surface area contributed by atoms with Gasteiger partial charge in [0.05, 0.1) is 11.2 Å². The maximum Gasteiger partial charge on any atom is 0.355 e. The van der Waals surface area contributed by atoms with Gasteiger partial charge in [0.1, 0.15) is 5.69 Å². The first-order chi connectivity index (χ1) is 7.24. The minimum Gasteiger partial charge on any atom is -0.461 e. The molecule has 0 amide bonds. The molecule has 2 rings (SSSR count). The van der Waals surface area contributed by atoms with Gasteiger partial charge in [-0.1, -0.05) is 6.07 Å². The molecule has 3 nitrogen and oxygen atoms in total. The highest BCUT2D eigenvalue weighted by Gasteiger charge is 2.12. The summed E-state index contributed by atoms with van der Waals surface area (Å²) in [5, 5.41) is 0. The molecule has 0 saturated heterocycles. The molecule has 0 fully saturated rings. The number of aromatic nitrogens is 1. The van der Waals surface area contributed by atoms with Crippen LogP contribution in [0.2, 0.25) is 0 Å². The van der Waals surface area contributed by atoms with E-state index in [1.165, 1.54) is 0 Å². The summed E-state index contributed by atoms with van der Waals surface area (Å²) in [6.07, 6.45) is 0. The zero-order valence-electron chi connectivity index (χ0n) is 8.24. The monoisotopic (exact) mass is 267 g/mol. The summed E-state index contributed by atoms with van der Waals surface area (Å²) in [6, 6.07) is 9.40. The topological polar surface area (TPSA) is 30.7 Å². The summed E-state index contributed by atoms with van der Waals surface area (Å²) in [5.41, 5.74) is 1.51. The van der Waals surface area contributed by atoms with Crippen molar-refractivity contribution in [1.82, 2.24) is 4.40 Å². The molecular formula is C11H10BrNO2. The highest BCUT2D eigenvalue weighted by Crippen LogP contribution is 2.18. The average molecular weight is 268 g/mol. The second-order valence-corrected chi connectivity index (χ2v) is 3.86. The second-order valence-electron chi connectivity index (χ2n) is 3.05. The molecule has 0 unspecified atom stereocenters. The van der Waals surface area contributed by atoms with Gasteiger partial charge in [0, 0.05) is 5.52 Å². The molecule has 2 heterocycles. The zero-order valence-corrected chi connectivity index (χ0v) is 9.82. The fourth-order valence-corrected chi connectivity index (χ4v) is 2.03. The summed E-state index contributed by atoms with van der Waals surface area (Å²) in [7, 11) is 0. The van der Waals surface area contributed by atoms with E-state index in [0.717, 1.165) is 10.1 Å². The van der Waals surface area contributed by atoms with E-state index in [0.29, 0.717) is 12.3 Å². The molecule has 4 heteroatoms. The van der Waals surface area contributed by atoms with Gasteiger partial charge in [0.2, 0.25) is 0 Å². The van der Waals surface area contributed by atoms with Crippen molar-refractivity contribution < 1.29 is 9.53 Å². The molecule has 0 saturated carbocycles. The Morgan fingerprint density at radius 3 is 2.93 bits per heavy atom. The molecule has 0 N–H and O–H groups in total. The van der Waals surface area contributed by atoms with Crippen molar-refractivity contribution in [2.75, 3.05) is 6.61 Å². The van der Waals surface area contributed by atoms with Crippen LogP contribution in [0.25, 0.3) is 5.52 Å². The smallest absolute Gasteiger partial charge is 0.355 e. The molecule has 0 atom stereocenters. The van der Waals surface area contributed by atoms with E-state index in [1.54, 1.807) is 13.0 Å². The van der Waals surface area contributed by atoms with Crippen LogP contribution in [0.3, 0.4) is 0 Å². The first kappa shape index (κ1) is 10.2. The molecule has 0 aliphatic rings. The first-order valence-corrected chi connectivity index (χ1v) is 5.46. The van der Waals surface area contributed by atoms with E-state index in [2.05, 4.69) is 15.9 Å². The van der Waals surface area contributed by atoms with Crippen LogP contribution in [0.1, 0.15) is 17.4 Å². The van der Waals surface area contributed by atoms with Crippen molar-refractivity contribution in [3.05, 3.63) is 40.6 Å². The summed E-state index contributed by atoms with van der Waals surface area (Å²) in [4.78, 5) is 11.6. The van der Waals surface area contributed by atoms with E-state index in [-0.39, 0.29) is 5.97 Å². The van der Waals surface area contributed by atoms with Crippen molar-refractivity contribution in [1.29, 1.82) is 0 Å². The maximum absolute atomic E-state index is 11.6. The van der Waals surface area contributed by atoms with E-state index in [9.17, 15) is 4.79 Å². The van der Waals surface area contributed by atoms with Crippen molar-refractivity contribution in [3.63, 3.8) is 0 Å². The number of pyridine rings is 1. The average Bonchev–Trinajstić information content (AvgIpc) is 2.63. The lowest BCUT2D eigenvalue weighted by Gasteiger charge is -2.04. The molecule has 0 bridgehead atoms. The molecule has 0 aliphatic carbocycles. The van der Waals surface area contributed by atoms with Crippen LogP contribution < -0.4 is 0 Å². The third kappa shape index (κ3) is 1.77. The van der Waals surface area contributed by atoms with E-state index < -0.39 is 0 Å². The quantitative estimate of drug-likeness (QED) is 0.619. The van der Waals surface area contributed by atoms with Crippen LogP contribution in [-0.2, 0) is 4.74 Å². The number of ether oxygens (including phenoxy) is 1. The van der Waals surface area contributed by atoms with E-state index in [1.807, 2.05) is 28.7 Å². The number of carbonyl (C=O) groups excluding carboxylic acids is 1. The van der Waals surface area contributed by atoms with Crippen molar-refractivity contribution in [3.8, 4) is 0 Å². The summed E-state index contributed by atoms with van der Waals surface area (Å²) < 4.78 is 7.63. The third-order valence-corrected chi connectivity index (χ3v) is 2.73. The SMILES string of the molecule is CCOC(=O)c1ccc2cccc(Br)n12. The number of hydrogen-bond donors (Lipinski definition) is 0. The summed E-state index contributed by atoms with van der Waals surface area (Å²) >= 11 is 3.40. The number of halogens is 1. The second kappa shape index (κ2) is 4.06. The van der Waals surface area contributed by atoms with Gasteiger partial charge < -0.3 is 4.74 Å². The van der Waals surface area contributed by atoms with Crippen molar-refractivity contribution in [2.24, 2.45) is 0 Å². The lowest BCUT2D eigenvalue weighted by molar-refractivity contribution is 0.0518. The summed E-state index contributed by atoms with van der Waals surface area (Å²) in [6.45, 7) is 2.18. The zero-order chi connectivity index (χ0) is 10.8. The fourth-order valence-electron chi connectivity index (χ4n) is 1.49. The number of esters is 1. The molecule has 0 radical (unpaired) electrons. The van der Waals surface area contributed by atoms with Crippen LogP contribution in [0, 0.1) is 0 Å². The van der Waals surface area contributed by atoms with Gasteiger partial charge in [-0.3, -0.25) is 4.40 Å². The van der Waals surface area contributed by atoms with E-state index in [4.69, 9.17) is 4.74 Å². The van der Waals surface area contributed by atoms with Gasteiger partial charge in [-0.05, 0) is 47.1 Å². The Hall–Kier alpha value is -1.29. The molecule has 0 aromatic carbocycles. The van der Waals surface area contributed by atoms with Gasteiger partial charge in [-0.2, -0.15) is 0 Å². The number of rotatable bonds is 2. The van der Waals surface area contributed by atoms with Crippen LogP contribution in [0.15, 0.2) is 34.9 Å². The predicted octanol–water partition coefficient (Wildman–Crippen LogP) is 2.88. The van der Waals surface area contributed by atoms with E-state index >= 15 is 0 Å². The Labute approximate surface area is 95.8 Å². The molecule has 0 spiro atoms. The number of fused-ring (bicyclic) bond motifs is 1. The third-order valence-electron chi connectivity index (χ3n) is 2.11. The predicted molar refractivity (Wildman–Crippen MR) is 61.1 cm³/mol. The van der Waals surface area contributed by atoms with Crippen molar-refractivity contribution >= 4 is 27.4 Å². The van der Waals surface area contributed by atoms with Gasteiger partial charge in [0.15, 0.2) is 0 Å². The maximum atomic E-state index is 11.6. The molecular weight excluding hydrogens is 258 g/mol. The highest BCUT2D eigenvalue weighted by atomic mass is 79.9. The number of hydrogen-bond acceptors (Lipinski definition) is 2. The minimum absolute atomic E-state index is 0.301. The molecule has 2 aromatic rings. The Bertz CT molecular complexity index is 504. The molecule has 78 valence electrons. The molecule has 0 aliphatic heterocycles. The largest absolute Gasteiger partial charge is 0.461 e. The van der Waals surface area contributed by atoms with Gasteiger partial charge in [0.25, 0.3) is 0 Å². The van der Waals surface area contributed by atoms with Crippen LogP contribution in [0.4, 0.5) is 0 Å². The van der Waals surface area contributed by atoms with Crippen LogP contribution >= 0.6 is 15.9 Å². The van der Waals surface area contributed by atoms with Crippen LogP contribution in [-0.4, -0.2) is 17.0 Å². The Kier molecular flexibility index (Phi) is 2.77. The standard InChI is InChI=1S/C11H10BrNO2/c1-2-15-11(14)9-7-6-8-4-3-5-10(12)13(8)9/h3-7H,2H2,1H3. The van der Waals surface area contributed by atoms with Crippen LogP contribution in [0.5, 0.6) is 0 Å². The number of carbonyl (C=O) groups is 1. The lowest BCUT2D eigenvalue weighted by Crippen LogP contribution is -2.08. The first-order valence-electron chi connectivity index (χ1n) is 4.67. The fraction of sp³-hybridized carbons (Fsp3) is 0.182.